The molecule has 0 heterocycles. The molecule has 0 amide bonds. The Labute approximate surface area is 112 Å². The van der Waals surface area contributed by atoms with Crippen LogP contribution in [0.3, 0.4) is 0 Å². The SMILES string of the molecule is CCNCCCS(=O)(=O)NCCC1CCCCC1. The highest BCUT2D eigenvalue weighted by Crippen LogP contribution is 2.25. The van der Waals surface area contributed by atoms with Crippen molar-refractivity contribution in [2.24, 2.45) is 5.92 Å². The van der Waals surface area contributed by atoms with Gasteiger partial charge in [0.2, 0.25) is 10.0 Å². The second kappa shape index (κ2) is 8.88. The maximum absolute atomic E-state index is 11.7. The van der Waals surface area contributed by atoms with Crippen LogP contribution in [0, 0.1) is 5.92 Å². The Kier molecular flexibility index (Phi) is 7.86. The molecule has 4 nitrogen and oxygen atoms in total. The van der Waals surface area contributed by atoms with Crippen LogP contribution in [0.25, 0.3) is 0 Å². The fraction of sp³-hybridized carbons (Fsp3) is 1.00. The van der Waals surface area contributed by atoms with Crippen LogP contribution in [-0.2, 0) is 10.0 Å². The Morgan fingerprint density at radius 3 is 2.50 bits per heavy atom. The van der Waals surface area contributed by atoms with Gasteiger partial charge in [0.05, 0.1) is 5.75 Å². The van der Waals surface area contributed by atoms with Crippen LogP contribution in [0.15, 0.2) is 0 Å². The highest BCUT2D eigenvalue weighted by molar-refractivity contribution is 7.89. The third-order valence-electron chi connectivity index (χ3n) is 3.62. The third kappa shape index (κ3) is 7.34. The average Bonchev–Trinajstić information content (AvgIpc) is 2.36. The van der Waals surface area contributed by atoms with Crippen LogP contribution in [0.5, 0.6) is 0 Å². The highest BCUT2D eigenvalue weighted by Gasteiger charge is 2.15. The summed E-state index contributed by atoms with van der Waals surface area (Å²) in [6.45, 7) is 4.32. The van der Waals surface area contributed by atoms with Gasteiger partial charge in [0.15, 0.2) is 0 Å². The summed E-state index contributed by atoms with van der Waals surface area (Å²) >= 11 is 0. The fourth-order valence-electron chi connectivity index (χ4n) is 2.53. The minimum absolute atomic E-state index is 0.241. The van der Waals surface area contributed by atoms with E-state index in [-0.39, 0.29) is 5.75 Å². The minimum atomic E-state index is -3.05. The molecule has 1 fully saturated rings. The predicted octanol–water partition coefficient (Wildman–Crippen LogP) is 1.88. The van der Waals surface area contributed by atoms with E-state index >= 15 is 0 Å². The van der Waals surface area contributed by atoms with Crippen molar-refractivity contribution in [2.75, 3.05) is 25.4 Å². The Bertz CT molecular complexity index is 298. The standard InChI is InChI=1S/C13H28N2O2S/c1-2-14-10-6-12-18(16,17)15-11-9-13-7-4-3-5-8-13/h13-15H,2-12H2,1H3. The van der Waals surface area contributed by atoms with E-state index in [1.807, 2.05) is 6.92 Å². The molecule has 0 spiro atoms. The molecular weight excluding hydrogens is 248 g/mol. The van der Waals surface area contributed by atoms with E-state index in [4.69, 9.17) is 0 Å². The molecule has 0 radical (unpaired) electrons. The molecule has 18 heavy (non-hydrogen) atoms. The Hall–Kier alpha value is -0.130. The normalized spacial score (nSPS) is 18.1. The summed E-state index contributed by atoms with van der Waals surface area (Å²) in [6, 6.07) is 0. The van der Waals surface area contributed by atoms with E-state index in [0.29, 0.717) is 13.0 Å². The van der Waals surface area contributed by atoms with E-state index in [2.05, 4.69) is 10.0 Å². The molecule has 2 N–H and O–H groups in total. The number of hydrogen-bond acceptors (Lipinski definition) is 3. The van der Waals surface area contributed by atoms with Gasteiger partial charge in [-0.15, -0.1) is 0 Å². The van der Waals surface area contributed by atoms with Crippen molar-refractivity contribution in [1.82, 2.24) is 10.0 Å². The van der Waals surface area contributed by atoms with Gasteiger partial charge in [0.1, 0.15) is 0 Å². The number of rotatable bonds is 9. The van der Waals surface area contributed by atoms with Crippen molar-refractivity contribution < 1.29 is 8.42 Å². The van der Waals surface area contributed by atoms with Gasteiger partial charge in [0, 0.05) is 6.54 Å². The van der Waals surface area contributed by atoms with Crippen LogP contribution in [0.1, 0.15) is 51.9 Å². The molecule has 5 heteroatoms. The summed E-state index contributed by atoms with van der Waals surface area (Å²) in [4.78, 5) is 0. The third-order valence-corrected chi connectivity index (χ3v) is 5.09. The zero-order valence-electron chi connectivity index (χ0n) is 11.6. The van der Waals surface area contributed by atoms with Gasteiger partial charge >= 0.3 is 0 Å². The van der Waals surface area contributed by atoms with Crippen LogP contribution in [0.4, 0.5) is 0 Å². The average molecular weight is 276 g/mol. The first-order valence-corrected chi connectivity index (χ1v) is 8.97. The molecule has 0 aromatic carbocycles. The van der Waals surface area contributed by atoms with Gasteiger partial charge in [-0.05, 0) is 31.8 Å². The van der Waals surface area contributed by atoms with E-state index < -0.39 is 10.0 Å². The van der Waals surface area contributed by atoms with Crippen LogP contribution in [-0.4, -0.2) is 33.8 Å². The van der Waals surface area contributed by atoms with Crippen LogP contribution in [0.2, 0.25) is 0 Å². The second-order valence-electron chi connectivity index (χ2n) is 5.21. The van der Waals surface area contributed by atoms with Crippen molar-refractivity contribution in [3.63, 3.8) is 0 Å². The molecule has 0 aliphatic heterocycles. The molecule has 0 saturated heterocycles. The molecule has 0 aromatic heterocycles. The van der Waals surface area contributed by atoms with Gasteiger partial charge < -0.3 is 5.32 Å². The van der Waals surface area contributed by atoms with E-state index in [1.54, 1.807) is 0 Å². The molecule has 108 valence electrons. The minimum Gasteiger partial charge on any atom is -0.317 e. The molecule has 1 aliphatic carbocycles. The summed E-state index contributed by atoms with van der Waals surface area (Å²) in [5, 5.41) is 3.14. The Balaban J connectivity index is 2.08. The van der Waals surface area contributed by atoms with Crippen molar-refractivity contribution >= 4 is 10.0 Å². The zero-order valence-corrected chi connectivity index (χ0v) is 12.4. The lowest BCUT2D eigenvalue weighted by Gasteiger charge is -2.21. The summed E-state index contributed by atoms with van der Waals surface area (Å²) in [5.74, 6) is 0.980. The second-order valence-corrected chi connectivity index (χ2v) is 7.14. The number of sulfonamides is 1. The van der Waals surface area contributed by atoms with Gasteiger partial charge in [-0.3, -0.25) is 0 Å². The quantitative estimate of drug-likeness (QED) is 0.632. The molecule has 0 aromatic rings. The Morgan fingerprint density at radius 1 is 1.11 bits per heavy atom. The summed E-state index contributed by atoms with van der Waals surface area (Å²) in [6.07, 6.45) is 8.25. The monoisotopic (exact) mass is 276 g/mol. The predicted molar refractivity (Wildman–Crippen MR) is 76.1 cm³/mol. The van der Waals surface area contributed by atoms with Crippen molar-refractivity contribution in [3.05, 3.63) is 0 Å². The van der Waals surface area contributed by atoms with Gasteiger partial charge in [-0.1, -0.05) is 39.0 Å². The van der Waals surface area contributed by atoms with Crippen LogP contribution < -0.4 is 10.0 Å². The molecule has 0 bridgehead atoms. The van der Waals surface area contributed by atoms with Crippen LogP contribution >= 0.6 is 0 Å². The van der Waals surface area contributed by atoms with Crippen molar-refractivity contribution in [3.8, 4) is 0 Å². The summed E-state index contributed by atoms with van der Waals surface area (Å²) in [5.41, 5.74) is 0. The molecule has 1 saturated carbocycles. The number of hydrogen-bond donors (Lipinski definition) is 2. The smallest absolute Gasteiger partial charge is 0.211 e. The van der Waals surface area contributed by atoms with Gasteiger partial charge in [-0.25, -0.2) is 13.1 Å². The molecule has 0 atom stereocenters. The highest BCUT2D eigenvalue weighted by atomic mass is 32.2. The van der Waals surface area contributed by atoms with Crippen molar-refractivity contribution in [1.29, 1.82) is 0 Å². The van der Waals surface area contributed by atoms with Crippen molar-refractivity contribution in [2.45, 2.75) is 51.9 Å². The maximum atomic E-state index is 11.7. The molecule has 0 unspecified atom stereocenters. The largest absolute Gasteiger partial charge is 0.317 e. The summed E-state index contributed by atoms with van der Waals surface area (Å²) < 4.78 is 26.1. The molecular formula is C13H28N2O2S. The number of nitrogens with one attached hydrogen (secondary N) is 2. The van der Waals surface area contributed by atoms with E-state index in [9.17, 15) is 8.42 Å². The van der Waals surface area contributed by atoms with E-state index in [0.717, 1.165) is 25.4 Å². The maximum Gasteiger partial charge on any atom is 0.211 e. The molecule has 1 aliphatic rings. The Morgan fingerprint density at radius 2 is 1.83 bits per heavy atom. The molecule has 1 rings (SSSR count). The topological polar surface area (TPSA) is 58.2 Å². The van der Waals surface area contributed by atoms with Gasteiger partial charge in [0.25, 0.3) is 0 Å². The first-order valence-electron chi connectivity index (χ1n) is 7.32. The lowest BCUT2D eigenvalue weighted by atomic mass is 9.87. The lowest BCUT2D eigenvalue weighted by Crippen LogP contribution is -2.30. The van der Waals surface area contributed by atoms with Gasteiger partial charge in [-0.2, -0.15) is 0 Å². The first-order chi connectivity index (χ1) is 8.64. The fourth-order valence-corrected chi connectivity index (χ4v) is 3.63. The summed E-state index contributed by atoms with van der Waals surface area (Å²) in [7, 11) is -3.05. The first kappa shape index (κ1) is 15.9. The van der Waals surface area contributed by atoms with E-state index in [1.165, 1.54) is 32.1 Å². The zero-order chi connectivity index (χ0) is 13.3. The lowest BCUT2D eigenvalue weighted by molar-refractivity contribution is 0.339.